The average molecular weight is 345 g/mol. The second-order valence-corrected chi connectivity index (χ2v) is 6.66. The van der Waals surface area contributed by atoms with Crippen molar-refractivity contribution < 1.29 is 19.4 Å². The number of hydrogen-bond acceptors (Lipinski definition) is 6. The molecule has 0 spiro atoms. The monoisotopic (exact) mass is 345 g/mol. The number of thiophene rings is 1. The van der Waals surface area contributed by atoms with Crippen LogP contribution in [0.1, 0.15) is 39.2 Å². The highest BCUT2D eigenvalue weighted by Crippen LogP contribution is 2.40. The van der Waals surface area contributed by atoms with Crippen molar-refractivity contribution in [2.45, 2.75) is 25.7 Å². The van der Waals surface area contributed by atoms with Gasteiger partial charge in [-0.2, -0.15) is 0 Å². The van der Waals surface area contributed by atoms with Crippen LogP contribution >= 0.6 is 11.3 Å². The maximum absolute atomic E-state index is 12.2. The normalized spacial score (nSPS) is 13.8. The molecular weight excluding hydrogens is 326 g/mol. The fourth-order valence-corrected chi connectivity index (χ4v) is 4.08. The number of benzene rings is 1. The zero-order valence-electron chi connectivity index (χ0n) is 13.7. The van der Waals surface area contributed by atoms with Gasteiger partial charge in [-0.25, -0.2) is 9.79 Å². The number of aryl methyl sites for hydroxylation is 1. The number of methoxy groups -OCH3 is 2. The Morgan fingerprint density at radius 1 is 1.29 bits per heavy atom. The molecule has 0 aliphatic heterocycles. The van der Waals surface area contributed by atoms with Crippen molar-refractivity contribution in [3.63, 3.8) is 0 Å². The lowest BCUT2D eigenvalue weighted by atomic mass is 9.95. The third kappa shape index (κ3) is 3.14. The van der Waals surface area contributed by atoms with Gasteiger partial charge in [0.15, 0.2) is 11.5 Å². The Labute approximate surface area is 144 Å². The van der Waals surface area contributed by atoms with Crippen molar-refractivity contribution in [2.24, 2.45) is 4.99 Å². The number of aromatic hydroxyl groups is 1. The molecule has 1 aliphatic carbocycles. The maximum Gasteiger partial charge on any atom is 0.341 e. The molecule has 5 nitrogen and oxygen atoms in total. The van der Waals surface area contributed by atoms with E-state index >= 15 is 0 Å². The summed E-state index contributed by atoms with van der Waals surface area (Å²) in [5.74, 6) is 0.138. The summed E-state index contributed by atoms with van der Waals surface area (Å²) in [6, 6.07) is 5.00. The largest absolute Gasteiger partial charge is 0.504 e. The van der Waals surface area contributed by atoms with Crippen molar-refractivity contribution in [1.29, 1.82) is 0 Å². The molecule has 0 amide bonds. The fourth-order valence-electron chi connectivity index (χ4n) is 2.86. The minimum atomic E-state index is -0.329. The molecule has 6 heteroatoms. The Morgan fingerprint density at radius 2 is 2.08 bits per heavy atom. The predicted molar refractivity (Wildman–Crippen MR) is 94.2 cm³/mol. The number of phenolic OH excluding ortho intramolecular Hbond substituents is 1. The number of carbonyl (C=O) groups excluding carboxylic acids is 1. The summed E-state index contributed by atoms with van der Waals surface area (Å²) in [4.78, 5) is 17.9. The van der Waals surface area contributed by atoms with Crippen LogP contribution in [-0.2, 0) is 17.6 Å². The average Bonchev–Trinajstić information content (AvgIpc) is 2.98. The molecule has 0 saturated heterocycles. The third-order valence-corrected chi connectivity index (χ3v) is 5.28. The lowest BCUT2D eigenvalue weighted by molar-refractivity contribution is 0.0601. The number of hydrogen-bond donors (Lipinski definition) is 1. The van der Waals surface area contributed by atoms with E-state index in [9.17, 15) is 9.90 Å². The molecule has 0 fully saturated rings. The Kier molecular flexibility index (Phi) is 4.85. The summed E-state index contributed by atoms with van der Waals surface area (Å²) < 4.78 is 10.0. The van der Waals surface area contributed by atoms with E-state index in [1.165, 1.54) is 19.1 Å². The maximum atomic E-state index is 12.2. The molecule has 0 radical (unpaired) electrons. The van der Waals surface area contributed by atoms with Crippen molar-refractivity contribution in [3.05, 3.63) is 39.8 Å². The number of ether oxygens (including phenoxy) is 2. The molecule has 24 heavy (non-hydrogen) atoms. The van der Waals surface area contributed by atoms with E-state index in [4.69, 9.17) is 9.47 Å². The predicted octanol–water partition coefficient (Wildman–Crippen LogP) is 3.88. The molecule has 0 saturated carbocycles. The van der Waals surface area contributed by atoms with Gasteiger partial charge in [-0.15, -0.1) is 11.3 Å². The van der Waals surface area contributed by atoms with Crippen LogP contribution in [0.5, 0.6) is 11.5 Å². The lowest BCUT2D eigenvalue weighted by Gasteiger charge is -2.11. The van der Waals surface area contributed by atoms with E-state index in [1.807, 2.05) is 0 Å². The number of rotatable bonds is 4. The first-order chi connectivity index (χ1) is 11.6. The van der Waals surface area contributed by atoms with Crippen molar-refractivity contribution >= 4 is 28.5 Å². The summed E-state index contributed by atoms with van der Waals surface area (Å²) in [7, 11) is 2.90. The second kappa shape index (κ2) is 7.05. The molecule has 1 aromatic heterocycles. The summed E-state index contributed by atoms with van der Waals surface area (Å²) in [6.45, 7) is 0. The van der Waals surface area contributed by atoms with Gasteiger partial charge in [0.2, 0.25) is 0 Å². The highest BCUT2D eigenvalue weighted by Gasteiger charge is 2.25. The Morgan fingerprint density at radius 3 is 2.83 bits per heavy atom. The van der Waals surface area contributed by atoms with Gasteiger partial charge in [0.05, 0.1) is 19.8 Å². The van der Waals surface area contributed by atoms with Crippen LogP contribution in [0.15, 0.2) is 23.2 Å². The van der Waals surface area contributed by atoms with E-state index in [2.05, 4.69) is 4.99 Å². The summed E-state index contributed by atoms with van der Waals surface area (Å²) in [5.41, 5.74) is 2.47. The van der Waals surface area contributed by atoms with Gasteiger partial charge >= 0.3 is 5.97 Å². The Bertz CT molecular complexity index is 795. The fraction of sp³-hybridized carbons (Fsp3) is 0.333. The summed E-state index contributed by atoms with van der Waals surface area (Å²) >= 11 is 1.56. The van der Waals surface area contributed by atoms with Crippen molar-refractivity contribution in [3.8, 4) is 11.5 Å². The van der Waals surface area contributed by atoms with E-state index in [0.29, 0.717) is 16.3 Å². The van der Waals surface area contributed by atoms with Crippen LogP contribution in [0.3, 0.4) is 0 Å². The summed E-state index contributed by atoms with van der Waals surface area (Å²) in [6.07, 6.45) is 5.80. The van der Waals surface area contributed by atoms with Gasteiger partial charge in [0, 0.05) is 11.1 Å². The second-order valence-electron chi connectivity index (χ2n) is 5.57. The quantitative estimate of drug-likeness (QED) is 0.674. The molecule has 126 valence electrons. The molecule has 1 heterocycles. The topological polar surface area (TPSA) is 68.1 Å². The molecule has 1 aromatic carbocycles. The smallest absolute Gasteiger partial charge is 0.341 e. The molecule has 1 N–H and O–H groups in total. The molecule has 0 unspecified atom stereocenters. The molecular formula is C18H19NO4S. The first-order valence-electron chi connectivity index (χ1n) is 7.78. The van der Waals surface area contributed by atoms with E-state index in [0.717, 1.165) is 36.8 Å². The third-order valence-electron chi connectivity index (χ3n) is 4.08. The highest BCUT2D eigenvalue weighted by atomic mass is 32.1. The minimum absolute atomic E-state index is 0.0801. The number of carbonyl (C=O) groups is 1. The van der Waals surface area contributed by atoms with Gasteiger partial charge in [-0.05, 0) is 55.0 Å². The van der Waals surface area contributed by atoms with Crippen molar-refractivity contribution in [1.82, 2.24) is 0 Å². The summed E-state index contributed by atoms with van der Waals surface area (Å²) in [5, 5.41) is 10.3. The van der Waals surface area contributed by atoms with Crippen LogP contribution in [0.2, 0.25) is 0 Å². The zero-order chi connectivity index (χ0) is 17.1. The minimum Gasteiger partial charge on any atom is -0.504 e. The standard InChI is InChI=1S/C18H19NO4S/c1-22-14-9-11(7-8-13(14)20)10-19-17-16(18(21)23-2)12-5-3-4-6-15(12)24-17/h7-10,20H,3-6H2,1-2H3. The zero-order valence-corrected chi connectivity index (χ0v) is 14.5. The number of aliphatic imine (C=N–C) groups is 1. The Hall–Kier alpha value is -2.34. The van der Waals surface area contributed by atoms with Crippen LogP contribution in [0.4, 0.5) is 5.00 Å². The van der Waals surface area contributed by atoms with E-state index in [-0.39, 0.29) is 11.7 Å². The SMILES string of the molecule is COC(=O)c1c(N=Cc2ccc(O)c(OC)c2)sc2c1CCCC2. The molecule has 0 atom stereocenters. The lowest BCUT2D eigenvalue weighted by Crippen LogP contribution is -2.07. The first kappa shape index (κ1) is 16.5. The van der Waals surface area contributed by atoms with Crippen LogP contribution in [0, 0.1) is 0 Å². The van der Waals surface area contributed by atoms with Gasteiger partial charge in [0.1, 0.15) is 5.00 Å². The number of fused-ring (bicyclic) bond motifs is 1. The first-order valence-corrected chi connectivity index (χ1v) is 8.59. The molecule has 1 aliphatic rings. The van der Waals surface area contributed by atoms with E-state index in [1.54, 1.807) is 35.8 Å². The van der Waals surface area contributed by atoms with E-state index < -0.39 is 0 Å². The van der Waals surface area contributed by atoms with Crippen LogP contribution in [0.25, 0.3) is 0 Å². The van der Waals surface area contributed by atoms with Crippen LogP contribution in [-0.4, -0.2) is 31.5 Å². The van der Waals surface area contributed by atoms with Crippen molar-refractivity contribution in [2.75, 3.05) is 14.2 Å². The number of phenols is 1. The van der Waals surface area contributed by atoms with Crippen LogP contribution < -0.4 is 4.74 Å². The highest BCUT2D eigenvalue weighted by molar-refractivity contribution is 7.16. The van der Waals surface area contributed by atoms with Gasteiger partial charge < -0.3 is 14.6 Å². The molecule has 0 bridgehead atoms. The van der Waals surface area contributed by atoms with Gasteiger partial charge in [-0.1, -0.05) is 0 Å². The Balaban J connectivity index is 1.97. The number of esters is 1. The number of nitrogens with zero attached hydrogens (tertiary/aromatic N) is 1. The molecule has 3 rings (SSSR count). The van der Waals surface area contributed by atoms with Gasteiger partial charge in [-0.3, -0.25) is 0 Å². The van der Waals surface area contributed by atoms with Gasteiger partial charge in [0.25, 0.3) is 0 Å². The molecule has 2 aromatic rings.